The molecule has 10 nitrogen and oxygen atoms in total. The summed E-state index contributed by atoms with van der Waals surface area (Å²) in [5.41, 5.74) is 10.8. The van der Waals surface area contributed by atoms with Gasteiger partial charge in [-0.3, -0.25) is 14.2 Å². The number of amides is 2. The number of aromatic nitrogens is 2. The number of urea groups is 1. The fourth-order valence-corrected chi connectivity index (χ4v) is 5.69. The van der Waals surface area contributed by atoms with E-state index in [4.69, 9.17) is 10.7 Å². The summed E-state index contributed by atoms with van der Waals surface area (Å²) in [6.45, 7) is 2.07. The highest BCUT2D eigenvalue weighted by molar-refractivity contribution is 9.10. The van der Waals surface area contributed by atoms with Gasteiger partial charge in [-0.1, -0.05) is 59.3 Å². The lowest BCUT2D eigenvalue weighted by Gasteiger charge is -2.16. The van der Waals surface area contributed by atoms with Crippen LogP contribution in [0.1, 0.15) is 23.6 Å². The quantitative estimate of drug-likeness (QED) is 0.260. The van der Waals surface area contributed by atoms with Crippen molar-refractivity contribution in [3.8, 4) is 11.1 Å². The van der Waals surface area contributed by atoms with E-state index < -0.39 is 16.3 Å². The maximum absolute atomic E-state index is 12.9. The predicted octanol–water partition coefficient (Wildman–Crippen LogP) is 3.45. The number of anilines is 3. The molecule has 2 aliphatic rings. The van der Waals surface area contributed by atoms with Crippen LogP contribution < -0.4 is 25.9 Å². The third-order valence-electron chi connectivity index (χ3n) is 6.68. The van der Waals surface area contributed by atoms with Gasteiger partial charge in [-0.15, -0.1) is 0 Å². The average molecular weight is 605 g/mol. The van der Waals surface area contributed by atoms with Gasteiger partial charge in [0.05, 0.1) is 17.5 Å². The van der Waals surface area contributed by atoms with Crippen molar-refractivity contribution in [3.05, 3.63) is 97.0 Å². The van der Waals surface area contributed by atoms with E-state index in [2.05, 4.69) is 30.6 Å². The van der Waals surface area contributed by atoms with Crippen LogP contribution in [0.5, 0.6) is 0 Å². The van der Waals surface area contributed by atoms with Gasteiger partial charge in [0.2, 0.25) is 0 Å². The molecule has 0 bridgehead atoms. The maximum atomic E-state index is 12.9. The van der Waals surface area contributed by atoms with E-state index in [0.29, 0.717) is 22.4 Å². The minimum Gasteiger partial charge on any atom is -0.382 e. The molecule has 0 saturated heterocycles. The number of halogens is 1. The zero-order valence-electron chi connectivity index (χ0n) is 20.5. The molecule has 2 amide bonds. The van der Waals surface area contributed by atoms with Gasteiger partial charge in [-0.25, -0.2) is 14.8 Å². The van der Waals surface area contributed by atoms with E-state index in [0.717, 1.165) is 26.7 Å². The van der Waals surface area contributed by atoms with Crippen molar-refractivity contribution >= 4 is 55.7 Å². The number of hydrogen-bond donors (Lipinski definition) is 3. The highest BCUT2D eigenvalue weighted by Gasteiger charge is 2.28. The Morgan fingerprint density at radius 1 is 1.08 bits per heavy atom. The molecule has 0 unspecified atom stereocenters. The first-order valence-corrected chi connectivity index (χ1v) is 14.2. The molecule has 1 aliphatic heterocycles. The normalized spacial score (nSPS) is 14.3. The second kappa shape index (κ2) is 9.26. The fraction of sp³-hybridized carbons (Fsp3) is 0.111. The van der Waals surface area contributed by atoms with Gasteiger partial charge in [0.1, 0.15) is 0 Å². The number of carbonyl (C=O) groups excluding carboxylic acids is 1. The average Bonchev–Trinajstić information content (AvgIpc) is 3.41. The molecule has 0 fully saturated rings. The number of nitrogens with zero attached hydrogens (tertiary/aromatic N) is 4. The Bertz CT molecular complexity index is 2030. The zero-order chi connectivity index (χ0) is 27.5. The van der Waals surface area contributed by atoms with E-state index >= 15 is 0 Å². The molecule has 1 aliphatic carbocycles. The number of rotatable bonds is 5. The van der Waals surface area contributed by atoms with Crippen molar-refractivity contribution < 1.29 is 17.8 Å². The number of hydrogen-bond acceptors (Lipinski definition) is 6. The van der Waals surface area contributed by atoms with Gasteiger partial charge in [0.25, 0.3) is 0 Å². The molecular weight excluding hydrogens is 584 g/mol. The highest BCUT2D eigenvalue weighted by atomic mass is 79.9. The van der Waals surface area contributed by atoms with Crippen LogP contribution in [0.15, 0.2) is 64.1 Å². The largest absolute Gasteiger partial charge is 0.382 e. The van der Waals surface area contributed by atoms with Crippen molar-refractivity contribution in [1.29, 1.82) is 0 Å². The van der Waals surface area contributed by atoms with Crippen molar-refractivity contribution in [1.82, 2.24) is 9.97 Å². The molecule has 6 rings (SSSR count). The molecule has 0 spiro atoms. The minimum atomic E-state index is -4.65. The molecule has 0 radical (unpaired) electrons. The Balaban J connectivity index is 1.70. The molecule has 2 heterocycles. The van der Waals surface area contributed by atoms with E-state index in [1.807, 2.05) is 67.6 Å². The second-order valence-corrected chi connectivity index (χ2v) is 11.2. The molecule has 12 heteroatoms. The van der Waals surface area contributed by atoms with Crippen LogP contribution in [-0.2, 0) is 23.3 Å². The zero-order valence-corrected chi connectivity index (χ0v) is 22.9. The lowest BCUT2D eigenvalue weighted by molar-refractivity contribution is 0.254. The van der Waals surface area contributed by atoms with Crippen LogP contribution in [-0.4, -0.2) is 29.0 Å². The van der Waals surface area contributed by atoms with Crippen LogP contribution in [0.4, 0.5) is 22.1 Å². The fourth-order valence-electron chi connectivity index (χ4n) is 4.94. The van der Waals surface area contributed by atoms with Gasteiger partial charge in [0.15, 0.2) is 22.5 Å². The molecule has 1 aromatic heterocycles. The van der Waals surface area contributed by atoms with E-state index in [-0.39, 0.29) is 34.7 Å². The number of fused-ring (bicyclic) bond motifs is 4. The first-order chi connectivity index (χ1) is 18.6. The van der Waals surface area contributed by atoms with E-state index in [1.54, 1.807) is 0 Å². The van der Waals surface area contributed by atoms with E-state index in [9.17, 15) is 17.8 Å². The summed E-state index contributed by atoms with van der Waals surface area (Å²) in [4.78, 5) is 27.5. The third kappa shape index (κ3) is 4.46. The molecule has 0 atom stereocenters. The van der Waals surface area contributed by atoms with Crippen LogP contribution in [0, 0.1) is 10.7 Å². The van der Waals surface area contributed by atoms with E-state index in [1.165, 1.54) is 4.90 Å². The monoisotopic (exact) mass is 604 g/mol. The first kappa shape index (κ1) is 25.2. The number of carbonyl (C=O) groups is 1. The number of nitrogens with one attached hydrogen (secondary N) is 1. The number of nitrogens with two attached hydrogens (primary N) is 1. The number of nitrogen functional groups attached to an aromatic ring is 1. The molecule has 39 heavy (non-hydrogen) atoms. The van der Waals surface area contributed by atoms with Crippen molar-refractivity contribution in [2.45, 2.75) is 19.9 Å². The summed E-state index contributed by atoms with van der Waals surface area (Å²) < 4.78 is 37.0. The predicted molar refractivity (Wildman–Crippen MR) is 151 cm³/mol. The summed E-state index contributed by atoms with van der Waals surface area (Å²) in [5, 5.41) is 1.16. The van der Waals surface area contributed by atoms with Gasteiger partial charge in [-0.2, -0.15) is 13.4 Å². The molecule has 0 saturated carbocycles. The molecule has 4 N–H and O–H groups in total. The summed E-state index contributed by atoms with van der Waals surface area (Å²) in [7, 11) is -4.65. The SMILES string of the molecule is CCc1cc2c(c(=c3nc(N)c4c(n3)N(Cc3ccc(Br)cc3)C(=O)N=4)c1NS(=O)(=O)O)=Cc1ccccc1-2. The Labute approximate surface area is 231 Å². The molecule has 4 aromatic rings. The summed E-state index contributed by atoms with van der Waals surface area (Å²) in [6, 6.07) is 16.6. The Hall–Kier alpha value is -4.13. The standard InChI is InChI=1S/C27H21BrN6O4S/c1-2-15-11-19-18-6-4-3-5-16(18)12-20(19)21(22(15)33-39(36,37)38)25-31-24(29)23-26(32-25)34(27(35)30-23)13-14-7-9-17(28)10-8-14/h3-12,33H,2,13H2,1H3,(H2,29,31)(H,36,37,38). The summed E-state index contributed by atoms with van der Waals surface area (Å²) in [5.74, 6) is 0.194. The Morgan fingerprint density at radius 3 is 2.54 bits per heavy atom. The lowest BCUT2D eigenvalue weighted by Crippen LogP contribution is -2.27. The van der Waals surface area contributed by atoms with Gasteiger partial charge < -0.3 is 5.73 Å². The minimum absolute atomic E-state index is 0.0226. The van der Waals surface area contributed by atoms with Crippen LogP contribution in [0.25, 0.3) is 17.2 Å². The Kier molecular flexibility index (Phi) is 5.97. The second-order valence-electron chi connectivity index (χ2n) is 9.12. The molecule has 3 aromatic carbocycles. The van der Waals surface area contributed by atoms with Crippen LogP contribution in [0.2, 0.25) is 0 Å². The van der Waals surface area contributed by atoms with Crippen LogP contribution in [0.3, 0.4) is 0 Å². The molecular formula is C27H21BrN6O4S. The highest BCUT2D eigenvalue weighted by Crippen LogP contribution is 2.31. The van der Waals surface area contributed by atoms with Crippen molar-refractivity contribution in [2.75, 3.05) is 15.4 Å². The maximum Gasteiger partial charge on any atom is 0.357 e. The van der Waals surface area contributed by atoms with Crippen molar-refractivity contribution in [2.24, 2.45) is 4.99 Å². The lowest BCUT2D eigenvalue weighted by atomic mass is 9.99. The van der Waals surface area contributed by atoms with Gasteiger partial charge >= 0.3 is 16.3 Å². The van der Waals surface area contributed by atoms with Gasteiger partial charge in [0, 0.05) is 4.47 Å². The topological polar surface area (TPSA) is 151 Å². The first-order valence-electron chi connectivity index (χ1n) is 12.0. The number of aryl methyl sites for hydroxylation is 1. The summed E-state index contributed by atoms with van der Waals surface area (Å²) in [6.07, 6.45) is 2.36. The molecule has 196 valence electrons. The van der Waals surface area contributed by atoms with Crippen LogP contribution >= 0.6 is 15.9 Å². The summed E-state index contributed by atoms with van der Waals surface area (Å²) >= 11 is 3.41. The Morgan fingerprint density at radius 2 is 1.82 bits per heavy atom. The third-order valence-corrected chi connectivity index (χ3v) is 7.67. The number of benzene rings is 3. The smallest absolute Gasteiger partial charge is 0.357 e. The van der Waals surface area contributed by atoms with Crippen molar-refractivity contribution in [3.63, 3.8) is 0 Å². The van der Waals surface area contributed by atoms with Gasteiger partial charge in [-0.05, 0) is 63.7 Å².